The first-order chi connectivity index (χ1) is 10.6. The van der Waals surface area contributed by atoms with Crippen LogP contribution in [0.5, 0.6) is 0 Å². The maximum Gasteiger partial charge on any atom is 0.407 e. The number of aromatic amines is 1. The minimum atomic E-state index is -0.859. The van der Waals surface area contributed by atoms with Crippen LogP contribution in [0.3, 0.4) is 0 Å². The van der Waals surface area contributed by atoms with Crippen molar-refractivity contribution in [3.8, 4) is 0 Å². The van der Waals surface area contributed by atoms with E-state index in [1.807, 2.05) is 24.4 Å². The van der Waals surface area contributed by atoms with Crippen LogP contribution in [0.2, 0.25) is 0 Å². The predicted octanol–water partition coefficient (Wildman–Crippen LogP) is 2.29. The molecule has 0 spiro atoms. The summed E-state index contributed by atoms with van der Waals surface area (Å²) in [5.41, 5.74) is 1.66. The maximum atomic E-state index is 12.2. The fourth-order valence-corrected chi connectivity index (χ4v) is 2.86. The summed E-state index contributed by atoms with van der Waals surface area (Å²) < 4.78 is 0. The van der Waals surface area contributed by atoms with Gasteiger partial charge in [-0.05, 0) is 43.0 Å². The zero-order chi connectivity index (χ0) is 15.5. The Balaban J connectivity index is 1.53. The van der Waals surface area contributed by atoms with Crippen molar-refractivity contribution < 1.29 is 14.7 Å². The number of nitrogens with one attached hydrogen (secondary N) is 2. The van der Waals surface area contributed by atoms with Crippen LogP contribution in [-0.2, 0) is 0 Å². The third-order valence-corrected chi connectivity index (χ3v) is 4.25. The van der Waals surface area contributed by atoms with Gasteiger partial charge < -0.3 is 20.3 Å². The van der Waals surface area contributed by atoms with E-state index >= 15 is 0 Å². The molecule has 2 amide bonds. The van der Waals surface area contributed by atoms with Gasteiger partial charge in [0.1, 0.15) is 0 Å². The van der Waals surface area contributed by atoms with E-state index in [1.165, 1.54) is 4.90 Å². The molecule has 3 rings (SSSR count). The third-order valence-electron chi connectivity index (χ3n) is 4.25. The number of carbonyl (C=O) groups excluding carboxylic acids is 1. The van der Waals surface area contributed by atoms with Gasteiger partial charge in [0.25, 0.3) is 5.91 Å². The van der Waals surface area contributed by atoms with Gasteiger partial charge in [0, 0.05) is 42.3 Å². The lowest BCUT2D eigenvalue weighted by Gasteiger charge is -2.29. The average Bonchev–Trinajstić information content (AvgIpc) is 3.00. The summed E-state index contributed by atoms with van der Waals surface area (Å²) in [5, 5.41) is 12.9. The van der Waals surface area contributed by atoms with Crippen LogP contribution in [0.4, 0.5) is 4.79 Å². The van der Waals surface area contributed by atoms with E-state index < -0.39 is 6.09 Å². The summed E-state index contributed by atoms with van der Waals surface area (Å²) in [4.78, 5) is 27.6. The summed E-state index contributed by atoms with van der Waals surface area (Å²) >= 11 is 0. The van der Waals surface area contributed by atoms with Crippen molar-refractivity contribution in [3.05, 3.63) is 36.0 Å². The number of hydrogen-bond donors (Lipinski definition) is 3. The molecule has 6 nitrogen and oxygen atoms in total. The summed E-state index contributed by atoms with van der Waals surface area (Å²) in [6.07, 6.45) is 2.58. The highest BCUT2D eigenvalue weighted by Gasteiger charge is 2.22. The number of fused-ring (bicyclic) bond motifs is 1. The number of benzene rings is 1. The molecule has 2 aromatic rings. The second kappa shape index (κ2) is 6.09. The van der Waals surface area contributed by atoms with E-state index in [1.54, 1.807) is 6.07 Å². The van der Waals surface area contributed by atoms with Crippen molar-refractivity contribution in [2.24, 2.45) is 5.92 Å². The molecule has 22 heavy (non-hydrogen) atoms. The quantitative estimate of drug-likeness (QED) is 0.813. The molecule has 3 N–H and O–H groups in total. The van der Waals surface area contributed by atoms with Gasteiger partial charge in [0.15, 0.2) is 0 Å². The molecule has 1 saturated heterocycles. The van der Waals surface area contributed by atoms with Gasteiger partial charge in [-0.3, -0.25) is 4.79 Å². The Hall–Kier alpha value is -2.50. The SMILES string of the molecule is O=C(NCC1CCN(C(=O)O)CC1)c1ccc2[nH]ccc2c1. The number of rotatable bonds is 3. The van der Waals surface area contributed by atoms with Crippen LogP contribution < -0.4 is 5.32 Å². The van der Waals surface area contributed by atoms with E-state index in [9.17, 15) is 9.59 Å². The van der Waals surface area contributed by atoms with Crippen LogP contribution >= 0.6 is 0 Å². The zero-order valence-electron chi connectivity index (χ0n) is 12.2. The largest absolute Gasteiger partial charge is 0.465 e. The van der Waals surface area contributed by atoms with Gasteiger partial charge in [-0.2, -0.15) is 0 Å². The van der Waals surface area contributed by atoms with Crippen LogP contribution in [-0.4, -0.2) is 46.6 Å². The van der Waals surface area contributed by atoms with Crippen molar-refractivity contribution >= 4 is 22.9 Å². The zero-order valence-corrected chi connectivity index (χ0v) is 12.2. The van der Waals surface area contributed by atoms with Gasteiger partial charge in [-0.15, -0.1) is 0 Å². The molecule has 0 bridgehead atoms. The van der Waals surface area contributed by atoms with Crippen molar-refractivity contribution in [1.82, 2.24) is 15.2 Å². The van der Waals surface area contributed by atoms with Crippen LogP contribution in [0.1, 0.15) is 23.2 Å². The van der Waals surface area contributed by atoms with Crippen molar-refractivity contribution in [2.45, 2.75) is 12.8 Å². The molecule has 1 aliphatic heterocycles. The molecule has 1 aliphatic rings. The highest BCUT2D eigenvalue weighted by molar-refractivity contribution is 5.98. The Morgan fingerprint density at radius 2 is 2.05 bits per heavy atom. The predicted molar refractivity (Wildman–Crippen MR) is 83.0 cm³/mol. The summed E-state index contributed by atoms with van der Waals surface area (Å²) in [7, 11) is 0. The van der Waals surface area contributed by atoms with Gasteiger partial charge in [0.05, 0.1) is 0 Å². The molecule has 6 heteroatoms. The number of piperidine rings is 1. The smallest absolute Gasteiger partial charge is 0.407 e. The van der Waals surface area contributed by atoms with E-state index in [0.717, 1.165) is 23.7 Å². The topological polar surface area (TPSA) is 85.4 Å². The van der Waals surface area contributed by atoms with E-state index in [2.05, 4.69) is 10.3 Å². The molecular weight excluding hydrogens is 282 g/mol. The van der Waals surface area contributed by atoms with Gasteiger partial charge in [0.2, 0.25) is 0 Å². The van der Waals surface area contributed by atoms with E-state index in [4.69, 9.17) is 5.11 Å². The van der Waals surface area contributed by atoms with Gasteiger partial charge >= 0.3 is 6.09 Å². The molecule has 0 unspecified atom stereocenters. The lowest BCUT2D eigenvalue weighted by atomic mass is 9.97. The number of carbonyl (C=O) groups is 2. The molecule has 1 aromatic carbocycles. The molecule has 0 radical (unpaired) electrons. The second-order valence-electron chi connectivity index (χ2n) is 5.70. The summed E-state index contributed by atoms with van der Waals surface area (Å²) in [5.74, 6) is 0.263. The number of amides is 2. The minimum Gasteiger partial charge on any atom is -0.465 e. The van der Waals surface area contributed by atoms with Crippen LogP contribution in [0.15, 0.2) is 30.5 Å². The number of hydrogen-bond acceptors (Lipinski definition) is 2. The fourth-order valence-electron chi connectivity index (χ4n) is 2.86. The van der Waals surface area contributed by atoms with Gasteiger partial charge in [-0.25, -0.2) is 4.79 Å². The van der Waals surface area contributed by atoms with Crippen LogP contribution in [0.25, 0.3) is 10.9 Å². The Labute approximate surface area is 128 Å². The highest BCUT2D eigenvalue weighted by Crippen LogP contribution is 2.17. The summed E-state index contributed by atoms with van der Waals surface area (Å²) in [6.45, 7) is 1.69. The number of H-pyrrole nitrogens is 1. The molecule has 0 saturated carbocycles. The number of carboxylic acid groups (broad SMARTS) is 1. The molecule has 0 aliphatic carbocycles. The Morgan fingerprint density at radius 3 is 2.77 bits per heavy atom. The lowest BCUT2D eigenvalue weighted by molar-refractivity contribution is 0.0929. The number of nitrogens with zero attached hydrogens (tertiary/aromatic N) is 1. The Bertz CT molecular complexity index is 687. The average molecular weight is 301 g/mol. The molecule has 116 valence electrons. The van der Waals surface area contributed by atoms with Crippen molar-refractivity contribution in [3.63, 3.8) is 0 Å². The normalized spacial score (nSPS) is 15.9. The summed E-state index contributed by atoms with van der Waals surface area (Å²) in [6, 6.07) is 7.51. The maximum absolute atomic E-state index is 12.2. The van der Waals surface area contributed by atoms with Crippen molar-refractivity contribution in [1.29, 1.82) is 0 Å². The Kier molecular flexibility index (Phi) is 4.00. The van der Waals surface area contributed by atoms with E-state index in [0.29, 0.717) is 31.1 Å². The molecule has 1 fully saturated rings. The van der Waals surface area contributed by atoms with Gasteiger partial charge in [-0.1, -0.05) is 0 Å². The van der Waals surface area contributed by atoms with Crippen molar-refractivity contribution in [2.75, 3.05) is 19.6 Å². The first-order valence-corrected chi connectivity index (χ1v) is 7.46. The lowest BCUT2D eigenvalue weighted by Crippen LogP contribution is -2.40. The first kappa shape index (κ1) is 14.4. The molecule has 2 heterocycles. The molecule has 1 aromatic heterocycles. The molecular formula is C16H19N3O3. The fraction of sp³-hybridized carbons (Fsp3) is 0.375. The standard InChI is InChI=1S/C16H19N3O3/c20-15(13-1-2-14-12(9-13)3-6-17-14)18-10-11-4-7-19(8-5-11)16(21)22/h1-3,6,9,11,17H,4-5,7-8,10H2,(H,18,20)(H,21,22). The van der Waals surface area contributed by atoms with E-state index in [-0.39, 0.29) is 5.91 Å². The number of likely N-dealkylation sites (tertiary alicyclic amines) is 1. The minimum absolute atomic E-state index is 0.0798. The van der Waals surface area contributed by atoms with Crippen LogP contribution in [0, 0.1) is 5.92 Å². The second-order valence-corrected chi connectivity index (χ2v) is 5.70. The molecule has 0 atom stereocenters. The number of aromatic nitrogens is 1. The monoisotopic (exact) mass is 301 g/mol. The third kappa shape index (κ3) is 3.05. The first-order valence-electron chi connectivity index (χ1n) is 7.46. The Morgan fingerprint density at radius 1 is 1.27 bits per heavy atom. The highest BCUT2D eigenvalue weighted by atomic mass is 16.4.